The Kier molecular flexibility index (Phi) is 4.59. The molecule has 0 radical (unpaired) electrons. The van der Waals surface area contributed by atoms with Crippen molar-refractivity contribution >= 4 is 17.0 Å². The summed E-state index contributed by atoms with van der Waals surface area (Å²) < 4.78 is 6.78. The predicted octanol–water partition coefficient (Wildman–Crippen LogP) is 0.491. The molecule has 134 valence electrons. The van der Waals surface area contributed by atoms with E-state index in [-0.39, 0.29) is 5.91 Å². The molecule has 7 nitrogen and oxygen atoms in total. The molecule has 1 N–H and O–H groups in total. The number of rotatable bonds is 4. The standard InChI is InChI=1S/C18H24N4O3/c23-17(21-9-5-14(13-21)20-11-7-19-8-12-20)6-10-22-15-3-1-2-4-16(15)25-18(22)24/h1-4,14,19H,5-13H2. The summed E-state index contributed by atoms with van der Waals surface area (Å²) in [5.41, 5.74) is 1.32. The van der Waals surface area contributed by atoms with Crippen molar-refractivity contribution in [3.8, 4) is 0 Å². The number of nitrogens with one attached hydrogen (secondary N) is 1. The van der Waals surface area contributed by atoms with Crippen molar-refractivity contribution in [2.45, 2.75) is 25.4 Å². The third kappa shape index (κ3) is 3.34. The number of carbonyl (C=O) groups excluding carboxylic acids is 1. The van der Waals surface area contributed by atoms with E-state index in [0.717, 1.165) is 51.2 Å². The molecular weight excluding hydrogens is 320 g/mol. The van der Waals surface area contributed by atoms with Gasteiger partial charge in [0.2, 0.25) is 5.91 Å². The summed E-state index contributed by atoms with van der Waals surface area (Å²) in [4.78, 5) is 29.0. The minimum absolute atomic E-state index is 0.120. The van der Waals surface area contributed by atoms with Crippen molar-refractivity contribution < 1.29 is 9.21 Å². The summed E-state index contributed by atoms with van der Waals surface area (Å²) in [5.74, 6) is -0.274. The molecule has 4 rings (SSSR count). The minimum atomic E-state index is -0.394. The number of amides is 1. The van der Waals surface area contributed by atoms with Gasteiger partial charge in [-0.25, -0.2) is 4.79 Å². The molecule has 2 aromatic rings. The molecular formula is C18H24N4O3. The number of oxazole rings is 1. The maximum Gasteiger partial charge on any atom is 0.419 e. The molecule has 0 bridgehead atoms. The Hall–Kier alpha value is -2.12. The van der Waals surface area contributed by atoms with Crippen molar-refractivity contribution in [1.82, 2.24) is 19.7 Å². The molecule has 1 unspecified atom stereocenters. The number of nitrogens with zero attached hydrogens (tertiary/aromatic N) is 3. The number of piperazine rings is 1. The lowest BCUT2D eigenvalue weighted by molar-refractivity contribution is -0.130. The number of fused-ring (bicyclic) bond motifs is 1. The fraction of sp³-hybridized carbons (Fsp3) is 0.556. The Morgan fingerprint density at radius 3 is 2.84 bits per heavy atom. The molecule has 2 saturated heterocycles. The monoisotopic (exact) mass is 344 g/mol. The van der Waals surface area contributed by atoms with Crippen LogP contribution in [0, 0.1) is 0 Å². The fourth-order valence-corrected chi connectivity index (χ4v) is 3.90. The molecule has 2 aliphatic rings. The van der Waals surface area contributed by atoms with Gasteiger partial charge in [0.1, 0.15) is 0 Å². The van der Waals surface area contributed by atoms with Crippen molar-refractivity contribution in [2.75, 3.05) is 39.3 Å². The summed E-state index contributed by atoms with van der Waals surface area (Å²) in [5, 5.41) is 3.36. The first-order valence-corrected chi connectivity index (χ1v) is 9.03. The van der Waals surface area contributed by atoms with E-state index in [0.29, 0.717) is 24.6 Å². The van der Waals surface area contributed by atoms with Crippen molar-refractivity contribution in [3.05, 3.63) is 34.8 Å². The second-order valence-corrected chi connectivity index (χ2v) is 6.81. The average Bonchev–Trinajstić information content (AvgIpc) is 3.25. The van der Waals surface area contributed by atoms with Gasteiger partial charge in [0.25, 0.3) is 0 Å². The van der Waals surface area contributed by atoms with Gasteiger partial charge in [-0.3, -0.25) is 14.3 Å². The second-order valence-electron chi connectivity index (χ2n) is 6.81. The summed E-state index contributed by atoms with van der Waals surface area (Å²) in [6.45, 7) is 6.16. The highest BCUT2D eigenvalue weighted by atomic mass is 16.4. The van der Waals surface area contributed by atoms with Gasteiger partial charge in [0, 0.05) is 58.3 Å². The number of aromatic nitrogens is 1. The molecule has 7 heteroatoms. The zero-order chi connectivity index (χ0) is 17.2. The van der Waals surface area contributed by atoms with E-state index < -0.39 is 5.76 Å². The molecule has 25 heavy (non-hydrogen) atoms. The van der Waals surface area contributed by atoms with Crippen LogP contribution in [0.4, 0.5) is 0 Å². The Bertz CT molecular complexity index is 806. The van der Waals surface area contributed by atoms with Crippen LogP contribution < -0.4 is 11.1 Å². The summed E-state index contributed by atoms with van der Waals surface area (Å²) >= 11 is 0. The molecule has 1 atom stereocenters. The van der Waals surface area contributed by atoms with Crippen LogP contribution in [0.25, 0.3) is 11.1 Å². The largest absolute Gasteiger partial charge is 0.419 e. The lowest BCUT2D eigenvalue weighted by Gasteiger charge is -2.32. The van der Waals surface area contributed by atoms with Crippen molar-refractivity contribution in [3.63, 3.8) is 0 Å². The van der Waals surface area contributed by atoms with E-state index >= 15 is 0 Å². The highest BCUT2D eigenvalue weighted by molar-refractivity contribution is 5.77. The van der Waals surface area contributed by atoms with Crippen molar-refractivity contribution in [2.24, 2.45) is 0 Å². The van der Waals surface area contributed by atoms with Gasteiger partial charge in [-0.05, 0) is 18.6 Å². The first-order valence-electron chi connectivity index (χ1n) is 9.03. The number of aryl methyl sites for hydroxylation is 1. The normalized spacial score (nSPS) is 21.9. The summed E-state index contributed by atoms with van der Waals surface area (Å²) in [7, 11) is 0. The Morgan fingerprint density at radius 1 is 1.20 bits per heavy atom. The lowest BCUT2D eigenvalue weighted by atomic mass is 10.2. The maximum atomic E-state index is 12.6. The van der Waals surface area contributed by atoms with Crippen LogP contribution >= 0.6 is 0 Å². The van der Waals surface area contributed by atoms with E-state index in [9.17, 15) is 9.59 Å². The van der Waals surface area contributed by atoms with Gasteiger partial charge in [-0.2, -0.15) is 0 Å². The van der Waals surface area contributed by atoms with E-state index in [1.165, 1.54) is 0 Å². The molecule has 0 aliphatic carbocycles. The first-order chi connectivity index (χ1) is 12.2. The quantitative estimate of drug-likeness (QED) is 0.874. The number of para-hydroxylation sites is 2. The van der Waals surface area contributed by atoms with Gasteiger partial charge >= 0.3 is 5.76 Å². The molecule has 1 aromatic carbocycles. The van der Waals surface area contributed by atoms with Crippen LogP contribution in [0.15, 0.2) is 33.5 Å². The van der Waals surface area contributed by atoms with Crippen LogP contribution in [0.1, 0.15) is 12.8 Å². The Morgan fingerprint density at radius 2 is 2.00 bits per heavy atom. The van der Waals surface area contributed by atoms with Gasteiger partial charge in [0.15, 0.2) is 5.58 Å². The van der Waals surface area contributed by atoms with Gasteiger partial charge in [0.05, 0.1) is 5.52 Å². The molecule has 0 saturated carbocycles. The number of carbonyl (C=O) groups is 1. The van der Waals surface area contributed by atoms with Crippen LogP contribution in [0.3, 0.4) is 0 Å². The van der Waals surface area contributed by atoms with E-state index in [2.05, 4.69) is 10.2 Å². The van der Waals surface area contributed by atoms with E-state index in [4.69, 9.17) is 4.42 Å². The van der Waals surface area contributed by atoms with Crippen LogP contribution in [-0.2, 0) is 11.3 Å². The minimum Gasteiger partial charge on any atom is -0.408 e. The number of hydrogen-bond acceptors (Lipinski definition) is 5. The van der Waals surface area contributed by atoms with Gasteiger partial charge in [-0.15, -0.1) is 0 Å². The second kappa shape index (κ2) is 7.01. The SMILES string of the molecule is O=C(CCn1c(=O)oc2ccccc21)N1CCC(N2CCNCC2)C1. The molecule has 1 amide bonds. The zero-order valence-electron chi connectivity index (χ0n) is 14.3. The van der Waals surface area contributed by atoms with Gasteiger partial charge < -0.3 is 14.6 Å². The molecule has 2 aliphatic heterocycles. The molecule has 2 fully saturated rings. The number of likely N-dealkylation sites (tertiary alicyclic amines) is 1. The van der Waals surface area contributed by atoms with Gasteiger partial charge in [-0.1, -0.05) is 12.1 Å². The predicted molar refractivity (Wildman–Crippen MR) is 94.5 cm³/mol. The lowest BCUT2D eigenvalue weighted by Crippen LogP contribution is -2.49. The maximum absolute atomic E-state index is 12.6. The molecule has 3 heterocycles. The molecule has 1 aromatic heterocycles. The topological polar surface area (TPSA) is 70.7 Å². The highest BCUT2D eigenvalue weighted by Gasteiger charge is 2.30. The van der Waals surface area contributed by atoms with E-state index in [1.54, 1.807) is 10.6 Å². The summed E-state index contributed by atoms with van der Waals surface area (Å²) in [6, 6.07) is 7.80. The zero-order valence-corrected chi connectivity index (χ0v) is 14.3. The third-order valence-electron chi connectivity index (χ3n) is 5.31. The van der Waals surface area contributed by atoms with Crippen LogP contribution in [0.5, 0.6) is 0 Å². The fourth-order valence-electron chi connectivity index (χ4n) is 3.90. The first kappa shape index (κ1) is 16.4. The van der Waals surface area contributed by atoms with Crippen LogP contribution in [0.2, 0.25) is 0 Å². The number of benzene rings is 1. The molecule has 0 spiro atoms. The van der Waals surface area contributed by atoms with Crippen LogP contribution in [-0.4, -0.2) is 65.6 Å². The van der Waals surface area contributed by atoms with E-state index in [1.807, 2.05) is 23.1 Å². The average molecular weight is 344 g/mol. The Balaban J connectivity index is 1.36. The highest BCUT2D eigenvalue weighted by Crippen LogP contribution is 2.18. The van der Waals surface area contributed by atoms with Crippen molar-refractivity contribution in [1.29, 1.82) is 0 Å². The summed E-state index contributed by atoms with van der Waals surface area (Å²) in [6.07, 6.45) is 1.37. The third-order valence-corrected chi connectivity index (χ3v) is 5.31. The Labute approximate surface area is 146 Å². The smallest absolute Gasteiger partial charge is 0.408 e. The number of hydrogen-bond donors (Lipinski definition) is 1.